The zero-order valence-electron chi connectivity index (χ0n) is 22.4. The van der Waals surface area contributed by atoms with E-state index in [9.17, 15) is 22.8 Å². The van der Waals surface area contributed by atoms with E-state index in [1.165, 1.54) is 4.90 Å². The first kappa shape index (κ1) is 28.6. The fourth-order valence-electron chi connectivity index (χ4n) is 6.75. The zero-order valence-corrected chi connectivity index (χ0v) is 22.4. The number of alkyl halides is 3. The van der Waals surface area contributed by atoms with Crippen LogP contribution in [0.2, 0.25) is 0 Å². The van der Waals surface area contributed by atoms with Gasteiger partial charge in [0.05, 0.1) is 36.2 Å². The number of pyridine rings is 1. The molecule has 218 valence electrons. The van der Waals surface area contributed by atoms with Crippen molar-refractivity contribution in [3.63, 3.8) is 0 Å². The predicted molar refractivity (Wildman–Crippen MR) is 134 cm³/mol. The zero-order chi connectivity index (χ0) is 28.5. The summed E-state index contributed by atoms with van der Waals surface area (Å²) in [6.45, 7) is 1.94. The molecule has 40 heavy (non-hydrogen) atoms. The molecule has 10 nitrogen and oxygen atoms in total. The Labute approximate surface area is 230 Å². The van der Waals surface area contributed by atoms with Crippen molar-refractivity contribution in [2.75, 3.05) is 46.6 Å². The maximum absolute atomic E-state index is 14.3. The molecule has 0 aromatic carbocycles. The van der Waals surface area contributed by atoms with E-state index < -0.39 is 23.2 Å². The smallest absolute Gasteiger partial charge is 0.417 e. The lowest BCUT2D eigenvalue weighted by Crippen LogP contribution is -2.52. The normalized spacial score (nSPS) is 30.0. The van der Waals surface area contributed by atoms with Crippen molar-refractivity contribution < 1.29 is 37.0 Å². The topological polar surface area (TPSA) is 117 Å². The van der Waals surface area contributed by atoms with Crippen LogP contribution in [-0.2, 0) is 38.1 Å². The van der Waals surface area contributed by atoms with Gasteiger partial charge in [0.15, 0.2) is 0 Å². The van der Waals surface area contributed by atoms with Gasteiger partial charge in [0.25, 0.3) is 0 Å². The predicted octanol–water partition coefficient (Wildman–Crippen LogP) is 2.51. The molecule has 1 saturated carbocycles. The Balaban J connectivity index is 1.36. The van der Waals surface area contributed by atoms with Crippen molar-refractivity contribution >= 4 is 12.0 Å². The number of fused-ring (bicyclic) bond motifs is 2. The quantitative estimate of drug-likeness (QED) is 0.523. The maximum atomic E-state index is 14.3. The molecule has 3 fully saturated rings. The summed E-state index contributed by atoms with van der Waals surface area (Å²) in [5.41, 5.74) is -0.771. The molecular weight excluding hydrogens is 531 g/mol. The summed E-state index contributed by atoms with van der Waals surface area (Å²) in [7, 11) is 1.64. The molecule has 0 spiro atoms. The maximum Gasteiger partial charge on any atom is 0.417 e. The number of nitrogens with zero attached hydrogens (tertiary/aromatic N) is 4. The lowest BCUT2D eigenvalue weighted by atomic mass is 9.78. The standard InChI is InChI=1S/C27H34F3N5O5/c1-38-23-15-39-8-4-22(23)33-20-10-19-14-35(25(37)40-7-2-5-31)16-26(19,11-20)24(36)34-6-3-21-17(13-34)9-18(12-32-21)27(28,29)30/h9,12,19-20,22-23,33H,2-4,6-8,10-11,13-16H2,1H3. The average Bonchev–Trinajstić information content (AvgIpc) is 3.47. The van der Waals surface area contributed by atoms with Crippen molar-refractivity contribution in [1.29, 1.82) is 5.26 Å². The SMILES string of the molecule is COC1COCCC1NC1CC2CN(C(=O)OCCC#N)CC2(C(=O)N2CCc3ncc(C(F)(F)F)cc3C2)C1. The Bertz CT molecular complexity index is 1160. The van der Waals surface area contributed by atoms with Gasteiger partial charge in [-0.25, -0.2) is 4.79 Å². The number of rotatable bonds is 6. The Morgan fingerprint density at radius 1 is 1.35 bits per heavy atom. The van der Waals surface area contributed by atoms with Gasteiger partial charge in [0.1, 0.15) is 6.61 Å². The number of aromatic nitrogens is 1. The van der Waals surface area contributed by atoms with Crippen molar-refractivity contribution in [3.8, 4) is 6.07 Å². The third-order valence-electron chi connectivity index (χ3n) is 8.71. The van der Waals surface area contributed by atoms with Gasteiger partial charge in [0, 0.05) is 70.3 Å². The molecule has 0 radical (unpaired) electrons. The number of nitrogens with one attached hydrogen (secondary N) is 1. The Morgan fingerprint density at radius 3 is 2.92 bits per heavy atom. The summed E-state index contributed by atoms with van der Waals surface area (Å²) in [6, 6.07) is 3.09. The molecule has 3 aliphatic heterocycles. The summed E-state index contributed by atoms with van der Waals surface area (Å²) >= 11 is 0. The molecule has 1 aromatic heterocycles. The van der Waals surface area contributed by atoms with Crippen molar-refractivity contribution in [2.24, 2.45) is 11.3 Å². The number of nitriles is 1. The highest BCUT2D eigenvalue weighted by atomic mass is 19.4. The van der Waals surface area contributed by atoms with E-state index in [1.54, 1.807) is 12.0 Å². The van der Waals surface area contributed by atoms with Crippen LogP contribution in [0, 0.1) is 22.7 Å². The molecule has 4 aliphatic rings. The highest BCUT2D eigenvalue weighted by Crippen LogP contribution is 2.51. The molecule has 13 heteroatoms. The van der Waals surface area contributed by atoms with Crippen LogP contribution in [-0.4, -0.2) is 91.5 Å². The van der Waals surface area contributed by atoms with Crippen LogP contribution in [0.5, 0.6) is 0 Å². The number of methoxy groups -OCH3 is 1. The van der Waals surface area contributed by atoms with Crippen LogP contribution in [0.15, 0.2) is 12.3 Å². The van der Waals surface area contributed by atoms with Gasteiger partial charge in [-0.3, -0.25) is 9.78 Å². The summed E-state index contributed by atoms with van der Waals surface area (Å²) in [5.74, 6) is -0.310. The van der Waals surface area contributed by atoms with E-state index in [0.29, 0.717) is 56.8 Å². The highest BCUT2D eigenvalue weighted by Gasteiger charge is 2.60. The molecule has 5 unspecified atom stereocenters. The molecule has 1 aliphatic carbocycles. The van der Waals surface area contributed by atoms with E-state index in [-0.39, 0.29) is 56.1 Å². The van der Waals surface area contributed by atoms with Gasteiger partial charge >= 0.3 is 12.3 Å². The first-order valence-corrected chi connectivity index (χ1v) is 13.6. The fourth-order valence-corrected chi connectivity index (χ4v) is 6.75. The summed E-state index contributed by atoms with van der Waals surface area (Å²) in [5, 5.41) is 12.4. The van der Waals surface area contributed by atoms with Gasteiger partial charge in [-0.15, -0.1) is 0 Å². The van der Waals surface area contributed by atoms with Crippen LogP contribution in [0.25, 0.3) is 0 Å². The number of amides is 2. The molecule has 1 N–H and O–H groups in total. The molecular formula is C27H34F3N5O5. The van der Waals surface area contributed by atoms with Gasteiger partial charge in [0.2, 0.25) is 5.91 Å². The minimum Gasteiger partial charge on any atom is -0.448 e. The third-order valence-corrected chi connectivity index (χ3v) is 8.71. The van der Waals surface area contributed by atoms with Gasteiger partial charge in [-0.2, -0.15) is 18.4 Å². The number of ether oxygens (including phenoxy) is 3. The summed E-state index contributed by atoms with van der Waals surface area (Å²) < 4.78 is 56.4. The second-order valence-corrected chi connectivity index (χ2v) is 11.1. The minimum atomic E-state index is -4.52. The minimum absolute atomic E-state index is 0.00188. The van der Waals surface area contributed by atoms with Crippen molar-refractivity contribution in [2.45, 2.75) is 63.0 Å². The molecule has 1 aromatic rings. The van der Waals surface area contributed by atoms with Gasteiger partial charge < -0.3 is 29.3 Å². The third kappa shape index (κ3) is 5.62. The fraction of sp³-hybridized carbons (Fsp3) is 0.704. The van der Waals surface area contributed by atoms with Crippen LogP contribution in [0.1, 0.15) is 42.5 Å². The van der Waals surface area contributed by atoms with E-state index in [2.05, 4.69) is 10.3 Å². The number of carbonyl (C=O) groups excluding carboxylic acids is 2. The molecule has 2 saturated heterocycles. The first-order valence-electron chi connectivity index (χ1n) is 13.6. The van der Waals surface area contributed by atoms with E-state index in [1.807, 2.05) is 6.07 Å². The van der Waals surface area contributed by atoms with Gasteiger partial charge in [-0.05, 0) is 36.8 Å². The van der Waals surface area contributed by atoms with Crippen LogP contribution in [0.4, 0.5) is 18.0 Å². The average molecular weight is 566 g/mol. The van der Waals surface area contributed by atoms with Crippen molar-refractivity contribution in [1.82, 2.24) is 20.1 Å². The van der Waals surface area contributed by atoms with Crippen molar-refractivity contribution in [3.05, 3.63) is 29.1 Å². The van der Waals surface area contributed by atoms with Crippen LogP contribution < -0.4 is 5.32 Å². The number of carbonyl (C=O) groups is 2. The lowest BCUT2D eigenvalue weighted by Gasteiger charge is -2.37. The second kappa shape index (κ2) is 11.5. The van der Waals surface area contributed by atoms with E-state index >= 15 is 0 Å². The van der Waals surface area contributed by atoms with Gasteiger partial charge in [-0.1, -0.05) is 0 Å². The molecule has 4 heterocycles. The highest BCUT2D eigenvalue weighted by molar-refractivity contribution is 5.86. The molecule has 2 amide bonds. The summed E-state index contributed by atoms with van der Waals surface area (Å²) in [4.78, 5) is 34.2. The Hall–Kier alpha value is -2.95. The molecule has 0 bridgehead atoms. The summed E-state index contributed by atoms with van der Waals surface area (Å²) in [6.07, 6.45) is -2.00. The molecule has 5 rings (SSSR count). The van der Waals surface area contributed by atoms with E-state index in [0.717, 1.165) is 18.7 Å². The van der Waals surface area contributed by atoms with Crippen LogP contribution >= 0.6 is 0 Å². The number of hydrogen-bond donors (Lipinski definition) is 1. The first-order chi connectivity index (χ1) is 19.1. The largest absolute Gasteiger partial charge is 0.448 e. The Kier molecular flexibility index (Phi) is 8.22. The lowest BCUT2D eigenvalue weighted by molar-refractivity contribution is -0.143. The monoisotopic (exact) mass is 565 g/mol. The Morgan fingerprint density at radius 2 is 2.17 bits per heavy atom. The number of hydrogen-bond acceptors (Lipinski definition) is 8. The number of likely N-dealkylation sites (tertiary alicyclic amines) is 1. The van der Waals surface area contributed by atoms with E-state index in [4.69, 9.17) is 19.5 Å². The number of halogens is 3. The second-order valence-electron chi connectivity index (χ2n) is 11.1. The molecule has 5 atom stereocenters. The van der Waals surface area contributed by atoms with Crippen LogP contribution in [0.3, 0.4) is 0 Å².